The number of carboxylic acids is 2. The summed E-state index contributed by atoms with van der Waals surface area (Å²) < 4.78 is 0. The lowest BCUT2D eigenvalue weighted by atomic mass is 10.0. The Kier molecular flexibility index (Phi) is 9.44. The summed E-state index contributed by atoms with van der Waals surface area (Å²) in [6.07, 6.45) is 5.56. The average molecular weight is 414 g/mol. The van der Waals surface area contributed by atoms with E-state index < -0.39 is 11.9 Å². The zero-order valence-electron chi connectivity index (χ0n) is 17.6. The van der Waals surface area contributed by atoms with E-state index in [1.165, 1.54) is 29.3 Å². The van der Waals surface area contributed by atoms with Crippen molar-refractivity contribution in [2.24, 2.45) is 5.92 Å². The number of benzene rings is 1. The Balaban J connectivity index is 0.000000343. The number of nitrogens with one attached hydrogen (secondary N) is 1. The van der Waals surface area contributed by atoms with Crippen molar-refractivity contribution in [3.8, 4) is 0 Å². The molecule has 0 spiro atoms. The summed E-state index contributed by atoms with van der Waals surface area (Å²) in [6, 6.07) is 11.4. The molecule has 2 aromatic rings. The molecule has 1 aliphatic heterocycles. The maximum atomic E-state index is 9.55. The summed E-state index contributed by atoms with van der Waals surface area (Å²) in [4.78, 5) is 26.5. The van der Waals surface area contributed by atoms with Gasteiger partial charge in [-0.25, -0.2) is 9.59 Å². The fraction of sp³-hybridized carbons (Fsp3) is 0.435. The molecule has 0 saturated carbocycles. The van der Waals surface area contributed by atoms with Crippen LogP contribution in [0.25, 0.3) is 10.8 Å². The number of hydrogen-bond donors (Lipinski definition) is 3. The smallest absolute Gasteiger partial charge is 0.328 e. The minimum atomic E-state index is -1.26. The van der Waals surface area contributed by atoms with Crippen molar-refractivity contribution in [2.75, 3.05) is 19.6 Å². The highest BCUT2D eigenvalue weighted by molar-refractivity contribution is 5.89. The van der Waals surface area contributed by atoms with Crippen LogP contribution in [0.15, 0.2) is 48.7 Å². The molecule has 0 bridgehead atoms. The van der Waals surface area contributed by atoms with Crippen LogP contribution in [0.1, 0.15) is 32.4 Å². The van der Waals surface area contributed by atoms with Crippen molar-refractivity contribution in [3.63, 3.8) is 0 Å². The molecule has 0 amide bonds. The van der Waals surface area contributed by atoms with Crippen molar-refractivity contribution >= 4 is 22.7 Å². The molecule has 1 saturated heterocycles. The largest absolute Gasteiger partial charge is 0.478 e. The Morgan fingerprint density at radius 1 is 1.13 bits per heavy atom. The molecule has 3 rings (SSSR count). The maximum Gasteiger partial charge on any atom is 0.328 e. The molecule has 0 unspecified atom stereocenters. The van der Waals surface area contributed by atoms with Gasteiger partial charge in [0, 0.05) is 42.9 Å². The summed E-state index contributed by atoms with van der Waals surface area (Å²) in [7, 11) is 0. The van der Waals surface area contributed by atoms with Gasteiger partial charge in [0.05, 0.1) is 5.69 Å². The van der Waals surface area contributed by atoms with E-state index in [0.717, 1.165) is 26.2 Å². The first kappa shape index (κ1) is 23.5. The first-order chi connectivity index (χ1) is 14.4. The fourth-order valence-electron chi connectivity index (χ4n) is 3.63. The predicted molar refractivity (Wildman–Crippen MR) is 117 cm³/mol. The number of piperidine rings is 1. The molecule has 0 radical (unpaired) electrons. The average Bonchev–Trinajstić information content (AvgIpc) is 2.73. The molecule has 162 valence electrons. The van der Waals surface area contributed by atoms with E-state index in [-0.39, 0.29) is 0 Å². The van der Waals surface area contributed by atoms with Gasteiger partial charge in [-0.2, -0.15) is 0 Å². The number of pyridine rings is 1. The van der Waals surface area contributed by atoms with Gasteiger partial charge in [-0.15, -0.1) is 0 Å². The Labute approximate surface area is 177 Å². The number of carbonyl (C=O) groups is 2. The predicted octanol–water partition coefficient (Wildman–Crippen LogP) is 3.16. The highest BCUT2D eigenvalue weighted by Crippen LogP contribution is 2.21. The molecule has 2 heterocycles. The monoisotopic (exact) mass is 413 g/mol. The molecule has 0 aliphatic carbocycles. The maximum absolute atomic E-state index is 9.55. The normalized spacial score (nSPS) is 14.8. The first-order valence-electron chi connectivity index (χ1n) is 10.3. The number of aliphatic carboxylic acids is 2. The number of rotatable bonds is 7. The molecular weight excluding hydrogens is 382 g/mol. The quantitative estimate of drug-likeness (QED) is 0.599. The van der Waals surface area contributed by atoms with Crippen LogP contribution < -0.4 is 5.32 Å². The minimum absolute atomic E-state index is 0.558. The van der Waals surface area contributed by atoms with E-state index >= 15 is 0 Å². The zero-order chi connectivity index (χ0) is 21.9. The number of fused-ring (bicyclic) bond motifs is 1. The fourth-order valence-corrected chi connectivity index (χ4v) is 3.63. The Morgan fingerprint density at radius 2 is 1.77 bits per heavy atom. The first-order valence-corrected chi connectivity index (χ1v) is 10.3. The number of carboxylic acid groups (broad SMARTS) is 2. The summed E-state index contributed by atoms with van der Waals surface area (Å²) in [5, 5.41) is 21.7. The third-order valence-corrected chi connectivity index (χ3v) is 4.90. The summed E-state index contributed by atoms with van der Waals surface area (Å²) >= 11 is 0. The second kappa shape index (κ2) is 12.0. The molecule has 1 aromatic carbocycles. The van der Waals surface area contributed by atoms with Gasteiger partial charge in [-0.1, -0.05) is 38.1 Å². The highest BCUT2D eigenvalue weighted by Gasteiger charge is 2.22. The van der Waals surface area contributed by atoms with Crippen molar-refractivity contribution < 1.29 is 19.8 Å². The van der Waals surface area contributed by atoms with Crippen LogP contribution in [0, 0.1) is 5.92 Å². The molecule has 1 fully saturated rings. The van der Waals surface area contributed by atoms with E-state index in [1.54, 1.807) is 0 Å². The Morgan fingerprint density at radius 3 is 2.37 bits per heavy atom. The molecular formula is C23H31N3O4. The Bertz CT molecular complexity index is 839. The number of aromatic nitrogens is 1. The lowest BCUT2D eigenvalue weighted by molar-refractivity contribution is -0.134. The van der Waals surface area contributed by atoms with Crippen LogP contribution in [0.5, 0.6) is 0 Å². The number of nitrogens with zero attached hydrogens (tertiary/aromatic N) is 2. The molecule has 7 heteroatoms. The standard InChI is InChI=1S/C19H27N3.C4H4O4/c1-15(2)13-22(17-8-10-20-11-9-17)14-19-18-6-4-3-5-16(18)7-12-21-19;5-3(6)1-2-4(7)8/h3-7,12,15,17,20H,8-11,13-14H2,1-2H3;1-2H,(H,5,6)(H,7,8)/b;2-1+. The SMILES string of the molecule is CC(C)CN(Cc1nccc2ccccc12)C1CCNCC1.O=C(O)/C=C/C(=O)O. The van der Waals surface area contributed by atoms with Gasteiger partial charge in [-0.3, -0.25) is 9.88 Å². The van der Waals surface area contributed by atoms with Crippen molar-refractivity contribution in [3.05, 3.63) is 54.4 Å². The zero-order valence-corrected chi connectivity index (χ0v) is 17.6. The molecule has 1 aromatic heterocycles. The van der Waals surface area contributed by atoms with Crippen LogP contribution in [-0.4, -0.2) is 57.7 Å². The van der Waals surface area contributed by atoms with Gasteiger partial charge in [0.1, 0.15) is 0 Å². The van der Waals surface area contributed by atoms with Crippen molar-refractivity contribution in [1.29, 1.82) is 0 Å². The van der Waals surface area contributed by atoms with E-state index in [4.69, 9.17) is 15.2 Å². The van der Waals surface area contributed by atoms with Gasteiger partial charge in [-0.05, 0) is 43.3 Å². The van der Waals surface area contributed by atoms with Gasteiger partial charge in [0.25, 0.3) is 0 Å². The van der Waals surface area contributed by atoms with Crippen LogP contribution in [0.4, 0.5) is 0 Å². The summed E-state index contributed by atoms with van der Waals surface area (Å²) in [5.74, 6) is -1.83. The van der Waals surface area contributed by atoms with Crippen LogP contribution in [-0.2, 0) is 16.1 Å². The van der Waals surface area contributed by atoms with Crippen LogP contribution in [0.2, 0.25) is 0 Å². The summed E-state index contributed by atoms with van der Waals surface area (Å²) in [5.41, 5.74) is 1.22. The minimum Gasteiger partial charge on any atom is -0.478 e. The second-order valence-electron chi connectivity index (χ2n) is 7.79. The summed E-state index contributed by atoms with van der Waals surface area (Å²) in [6.45, 7) is 9.01. The molecule has 0 atom stereocenters. The second-order valence-corrected chi connectivity index (χ2v) is 7.79. The van der Waals surface area contributed by atoms with E-state index in [2.05, 4.69) is 54.4 Å². The third-order valence-electron chi connectivity index (χ3n) is 4.90. The van der Waals surface area contributed by atoms with E-state index in [0.29, 0.717) is 24.1 Å². The van der Waals surface area contributed by atoms with E-state index in [9.17, 15) is 9.59 Å². The third kappa shape index (κ3) is 7.93. The van der Waals surface area contributed by atoms with Crippen molar-refractivity contribution in [1.82, 2.24) is 15.2 Å². The molecule has 30 heavy (non-hydrogen) atoms. The topological polar surface area (TPSA) is 103 Å². The lowest BCUT2D eigenvalue weighted by Gasteiger charge is -2.35. The highest BCUT2D eigenvalue weighted by atomic mass is 16.4. The van der Waals surface area contributed by atoms with Gasteiger partial charge in [0.2, 0.25) is 0 Å². The van der Waals surface area contributed by atoms with E-state index in [1.807, 2.05) is 6.20 Å². The number of hydrogen-bond acceptors (Lipinski definition) is 5. The van der Waals surface area contributed by atoms with Crippen LogP contribution in [0.3, 0.4) is 0 Å². The molecule has 7 nitrogen and oxygen atoms in total. The lowest BCUT2D eigenvalue weighted by Crippen LogP contribution is -2.44. The molecule has 1 aliphatic rings. The van der Waals surface area contributed by atoms with Gasteiger partial charge in [0.15, 0.2) is 0 Å². The van der Waals surface area contributed by atoms with Crippen LogP contribution >= 0.6 is 0 Å². The molecule has 3 N–H and O–H groups in total. The van der Waals surface area contributed by atoms with Crippen molar-refractivity contribution in [2.45, 2.75) is 39.3 Å². The van der Waals surface area contributed by atoms with Gasteiger partial charge >= 0.3 is 11.9 Å². The Hall–Kier alpha value is -2.77. The van der Waals surface area contributed by atoms with Gasteiger partial charge < -0.3 is 15.5 Å².